The van der Waals surface area contributed by atoms with Gasteiger partial charge in [0.2, 0.25) is 0 Å². The third kappa shape index (κ3) is 4.94. The fraction of sp³-hybridized carbons (Fsp3) is 0.235. The van der Waals surface area contributed by atoms with E-state index >= 15 is 0 Å². The molecule has 0 radical (unpaired) electrons. The van der Waals surface area contributed by atoms with Crippen molar-refractivity contribution in [3.8, 4) is 5.75 Å². The quantitative estimate of drug-likeness (QED) is 0.721. The van der Waals surface area contributed by atoms with E-state index in [0.717, 1.165) is 18.4 Å². The van der Waals surface area contributed by atoms with E-state index in [1.54, 1.807) is 18.2 Å². The van der Waals surface area contributed by atoms with Crippen LogP contribution in [0.4, 0.5) is 0 Å². The van der Waals surface area contributed by atoms with Crippen molar-refractivity contribution in [2.45, 2.75) is 24.7 Å². The number of carbonyl (C=O) groups is 1. The number of nitrogens with one attached hydrogen (secondary N) is 2. The van der Waals surface area contributed by atoms with Crippen LogP contribution in [0.1, 0.15) is 29.3 Å². The van der Waals surface area contributed by atoms with Gasteiger partial charge in [-0.2, -0.15) is 0 Å². The minimum Gasteiger partial charge on any atom is -0.496 e. The van der Waals surface area contributed by atoms with Crippen molar-refractivity contribution >= 4 is 27.5 Å². The Morgan fingerprint density at radius 2 is 1.84 bits per heavy atom. The molecule has 2 rings (SSSR count). The number of amides is 1. The van der Waals surface area contributed by atoms with Gasteiger partial charge in [-0.3, -0.25) is 10.2 Å². The molecule has 0 unspecified atom stereocenters. The van der Waals surface area contributed by atoms with Gasteiger partial charge in [0.1, 0.15) is 5.75 Å². The standard InChI is InChI=1S/C17H19ClN2O4S/c1-3-4-12-5-8-14(9-6-12)25(22,23)20-19-17(21)15-11-13(18)7-10-16(15)24-2/h5-11,20H,3-4H2,1-2H3,(H,19,21). The number of carbonyl (C=O) groups excluding carboxylic acids is 1. The molecule has 2 aromatic rings. The fourth-order valence-electron chi connectivity index (χ4n) is 2.22. The lowest BCUT2D eigenvalue weighted by molar-refractivity contribution is 0.0942. The third-order valence-electron chi connectivity index (χ3n) is 3.48. The Labute approximate surface area is 152 Å². The molecule has 0 saturated carbocycles. The highest BCUT2D eigenvalue weighted by Gasteiger charge is 2.18. The molecule has 0 saturated heterocycles. The lowest BCUT2D eigenvalue weighted by atomic mass is 10.1. The van der Waals surface area contributed by atoms with Gasteiger partial charge in [-0.25, -0.2) is 8.42 Å². The highest BCUT2D eigenvalue weighted by molar-refractivity contribution is 7.89. The van der Waals surface area contributed by atoms with Crippen molar-refractivity contribution in [2.24, 2.45) is 0 Å². The van der Waals surface area contributed by atoms with Crippen molar-refractivity contribution in [3.63, 3.8) is 0 Å². The van der Waals surface area contributed by atoms with Gasteiger partial charge in [0.15, 0.2) is 0 Å². The average molecular weight is 383 g/mol. The van der Waals surface area contributed by atoms with E-state index in [1.165, 1.54) is 31.4 Å². The summed E-state index contributed by atoms with van der Waals surface area (Å²) in [7, 11) is -2.48. The fourth-order valence-corrected chi connectivity index (χ4v) is 3.23. The zero-order chi connectivity index (χ0) is 18.4. The predicted molar refractivity (Wildman–Crippen MR) is 96.2 cm³/mol. The Kier molecular flexibility index (Phi) is 6.41. The molecule has 0 spiro atoms. The second kappa shape index (κ2) is 8.33. The summed E-state index contributed by atoms with van der Waals surface area (Å²) in [5.41, 5.74) is 3.34. The first kappa shape index (κ1) is 19.2. The van der Waals surface area contributed by atoms with Crippen molar-refractivity contribution < 1.29 is 17.9 Å². The van der Waals surface area contributed by atoms with Gasteiger partial charge in [0.05, 0.1) is 17.6 Å². The van der Waals surface area contributed by atoms with E-state index in [2.05, 4.69) is 10.3 Å². The molecule has 6 nitrogen and oxygen atoms in total. The SMILES string of the molecule is CCCc1ccc(S(=O)(=O)NNC(=O)c2cc(Cl)ccc2OC)cc1. The van der Waals surface area contributed by atoms with Crippen LogP contribution in [0.5, 0.6) is 5.75 Å². The molecule has 0 aliphatic rings. The Balaban J connectivity index is 2.11. The Bertz CT molecular complexity index is 851. The number of methoxy groups -OCH3 is 1. The van der Waals surface area contributed by atoms with Crippen molar-refractivity contribution in [3.05, 3.63) is 58.6 Å². The van der Waals surface area contributed by atoms with E-state index < -0.39 is 15.9 Å². The van der Waals surface area contributed by atoms with E-state index in [-0.39, 0.29) is 16.2 Å². The molecule has 0 heterocycles. The molecule has 0 aliphatic heterocycles. The van der Waals surface area contributed by atoms with Gasteiger partial charge < -0.3 is 4.74 Å². The van der Waals surface area contributed by atoms with Crippen LogP contribution >= 0.6 is 11.6 Å². The van der Waals surface area contributed by atoms with Crippen molar-refractivity contribution in [1.82, 2.24) is 10.3 Å². The number of rotatable bonds is 7. The molecule has 134 valence electrons. The summed E-state index contributed by atoms with van der Waals surface area (Å²) in [6, 6.07) is 11.0. The number of ether oxygens (including phenoxy) is 1. The zero-order valence-electron chi connectivity index (χ0n) is 13.9. The maximum Gasteiger partial charge on any atom is 0.270 e. The summed E-state index contributed by atoms with van der Waals surface area (Å²) in [4.78, 5) is 14.3. The molecule has 2 aromatic carbocycles. The second-order valence-corrected chi connectivity index (χ2v) is 7.42. The largest absolute Gasteiger partial charge is 0.496 e. The molecule has 0 atom stereocenters. The maximum absolute atomic E-state index is 12.3. The molecule has 25 heavy (non-hydrogen) atoms. The maximum atomic E-state index is 12.3. The van der Waals surface area contributed by atoms with E-state index in [0.29, 0.717) is 5.02 Å². The summed E-state index contributed by atoms with van der Waals surface area (Å²) in [5.74, 6) is -0.393. The highest BCUT2D eigenvalue weighted by Crippen LogP contribution is 2.22. The molecule has 8 heteroatoms. The first-order valence-corrected chi connectivity index (χ1v) is 9.48. The van der Waals surface area contributed by atoms with E-state index in [9.17, 15) is 13.2 Å². The number of hydrogen-bond acceptors (Lipinski definition) is 4. The Morgan fingerprint density at radius 3 is 2.44 bits per heavy atom. The molecule has 0 aromatic heterocycles. The summed E-state index contributed by atoms with van der Waals surface area (Å²) < 4.78 is 29.6. The van der Waals surface area contributed by atoms with Crippen LogP contribution < -0.4 is 15.0 Å². The lowest BCUT2D eigenvalue weighted by Crippen LogP contribution is -2.41. The van der Waals surface area contributed by atoms with Gasteiger partial charge in [-0.1, -0.05) is 37.1 Å². The van der Waals surface area contributed by atoms with Gasteiger partial charge in [0.25, 0.3) is 15.9 Å². The molecule has 1 amide bonds. The first-order chi connectivity index (χ1) is 11.9. The smallest absolute Gasteiger partial charge is 0.270 e. The predicted octanol–water partition coefficient (Wildman–Crippen LogP) is 2.92. The monoisotopic (exact) mass is 382 g/mol. The summed E-state index contributed by atoms with van der Waals surface area (Å²) in [5, 5.41) is 0.334. The van der Waals surface area contributed by atoms with E-state index in [4.69, 9.17) is 16.3 Å². The van der Waals surface area contributed by atoms with Crippen LogP contribution in [-0.2, 0) is 16.4 Å². The number of hydrazine groups is 1. The highest BCUT2D eigenvalue weighted by atomic mass is 35.5. The summed E-state index contributed by atoms with van der Waals surface area (Å²) in [6.45, 7) is 2.05. The third-order valence-corrected chi connectivity index (χ3v) is 4.98. The normalized spacial score (nSPS) is 11.2. The van der Waals surface area contributed by atoms with Crippen LogP contribution in [-0.4, -0.2) is 21.4 Å². The van der Waals surface area contributed by atoms with E-state index in [1.807, 2.05) is 6.92 Å². The molecule has 0 bridgehead atoms. The van der Waals surface area contributed by atoms with Crippen LogP contribution in [0.15, 0.2) is 47.4 Å². The number of aryl methyl sites for hydroxylation is 1. The van der Waals surface area contributed by atoms with Crippen LogP contribution in [0.25, 0.3) is 0 Å². The van der Waals surface area contributed by atoms with Crippen molar-refractivity contribution in [1.29, 1.82) is 0 Å². The Hall–Kier alpha value is -2.09. The Morgan fingerprint density at radius 1 is 1.16 bits per heavy atom. The van der Waals surface area contributed by atoms with Crippen molar-refractivity contribution in [2.75, 3.05) is 7.11 Å². The van der Waals surface area contributed by atoms with Gasteiger partial charge in [-0.05, 0) is 42.3 Å². The minimum absolute atomic E-state index is 0.0608. The number of benzene rings is 2. The summed E-state index contributed by atoms with van der Waals surface area (Å²) >= 11 is 5.87. The topological polar surface area (TPSA) is 84.5 Å². The number of sulfonamides is 1. The lowest BCUT2D eigenvalue weighted by Gasteiger charge is -2.11. The number of hydrogen-bond donors (Lipinski definition) is 2. The van der Waals surface area contributed by atoms with Gasteiger partial charge >= 0.3 is 0 Å². The summed E-state index contributed by atoms with van der Waals surface area (Å²) in [6.07, 6.45) is 1.85. The van der Waals surface area contributed by atoms with Crippen LogP contribution in [0, 0.1) is 0 Å². The van der Waals surface area contributed by atoms with Gasteiger partial charge in [-0.15, -0.1) is 4.83 Å². The number of halogens is 1. The minimum atomic E-state index is -3.88. The first-order valence-electron chi connectivity index (χ1n) is 7.62. The van der Waals surface area contributed by atoms with Gasteiger partial charge in [0, 0.05) is 5.02 Å². The zero-order valence-corrected chi connectivity index (χ0v) is 15.4. The molecular formula is C17H19ClN2O4S. The second-order valence-electron chi connectivity index (χ2n) is 5.30. The molecule has 0 fully saturated rings. The van der Waals surface area contributed by atoms with Crippen LogP contribution in [0.3, 0.4) is 0 Å². The van der Waals surface area contributed by atoms with Crippen LogP contribution in [0.2, 0.25) is 5.02 Å². The molecule has 2 N–H and O–H groups in total. The average Bonchev–Trinajstić information content (AvgIpc) is 2.60. The molecular weight excluding hydrogens is 364 g/mol. The molecule has 0 aliphatic carbocycles.